The highest BCUT2D eigenvalue weighted by Gasteiger charge is 2.37. The van der Waals surface area contributed by atoms with Gasteiger partial charge in [-0.2, -0.15) is 0 Å². The molecule has 1 fully saturated rings. The van der Waals surface area contributed by atoms with Gasteiger partial charge in [0.25, 0.3) is 0 Å². The van der Waals surface area contributed by atoms with Gasteiger partial charge in [-0.1, -0.05) is 39.0 Å². The molecular weight excluding hydrogens is 180 g/mol. The molecule has 1 saturated carbocycles. The third-order valence-electron chi connectivity index (χ3n) is 4.50. The van der Waals surface area contributed by atoms with Crippen molar-refractivity contribution in [1.82, 2.24) is 0 Å². The number of hydrogen-bond acceptors (Lipinski definition) is 0. The first-order valence-corrected chi connectivity index (χ1v) is 6.43. The van der Waals surface area contributed by atoms with E-state index in [-0.39, 0.29) is 0 Å². The lowest BCUT2D eigenvalue weighted by atomic mass is 9.62. The van der Waals surface area contributed by atoms with E-state index in [1.165, 1.54) is 37.7 Å². The Kier molecular flexibility index (Phi) is 2.79. The normalized spacial score (nSPS) is 36.4. The van der Waals surface area contributed by atoms with Gasteiger partial charge in [0.05, 0.1) is 0 Å². The lowest BCUT2D eigenvalue weighted by molar-refractivity contribution is 0.244. The van der Waals surface area contributed by atoms with Crippen LogP contribution in [-0.4, -0.2) is 0 Å². The molecule has 2 atom stereocenters. The molecule has 0 amide bonds. The molecule has 2 aliphatic carbocycles. The Balaban J connectivity index is 2.30. The Morgan fingerprint density at radius 3 is 2.80 bits per heavy atom. The average Bonchev–Trinajstić information content (AvgIpc) is 2.17. The largest absolute Gasteiger partial charge is 0.0955 e. The van der Waals surface area contributed by atoms with Crippen molar-refractivity contribution >= 4 is 0 Å². The summed E-state index contributed by atoms with van der Waals surface area (Å²) < 4.78 is 0. The second-order valence-corrected chi connectivity index (χ2v) is 6.04. The third-order valence-corrected chi connectivity index (χ3v) is 4.50. The van der Waals surface area contributed by atoms with E-state index in [9.17, 15) is 0 Å². The van der Waals surface area contributed by atoms with E-state index in [2.05, 4.69) is 33.4 Å². The highest BCUT2D eigenvalue weighted by Crippen LogP contribution is 2.50. The van der Waals surface area contributed by atoms with E-state index >= 15 is 0 Å². The van der Waals surface area contributed by atoms with Crippen LogP contribution in [0.4, 0.5) is 0 Å². The summed E-state index contributed by atoms with van der Waals surface area (Å²) in [6.45, 7) is 11.4. The molecule has 0 radical (unpaired) electrons. The zero-order valence-electron chi connectivity index (χ0n) is 10.5. The molecule has 0 aromatic heterocycles. The van der Waals surface area contributed by atoms with E-state index in [1.54, 1.807) is 5.57 Å². The number of allylic oxidation sites excluding steroid dienone is 3. The van der Waals surface area contributed by atoms with Crippen molar-refractivity contribution in [2.75, 3.05) is 0 Å². The van der Waals surface area contributed by atoms with Crippen molar-refractivity contribution in [2.24, 2.45) is 17.3 Å². The summed E-state index contributed by atoms with van der Waals surface area (Å²) in [5, 5.41) is 0. The minimum absolute atomic E-state index is 0.473. The first-order chi connectivity index (χ1) is 7.03. The maximum atomic E-state index is 4.27. The molecule has 0 aliphatic heterocycles. The minimum Gasteiger partial charge on any atom is -0.0955 e. The van der Waals surface area contributed by atoms with Crippen LogP contribution < -0.4 is 0 Å². The minimum atomic E-state index is 0.473. The van der Waals surface area contributed by atoms with Crippen LogP contribution in [0.5, 0.6) is 0 Å². The van der Waals surface area contributed by atoms with Crippen LogP contribution in [-0.2, 0) is 0 Å². The van der Waals surface area contributed by atoms with Gasteiger partial charge in [-0.3, -0.25) is 0 Å². The highest BCUT2D eigenvalue weighted by molar-refractivity contribution is 5.38. The van der Waals surface area contributed by atoms with Gasteiger partial charge in [0.1, 0.15) is 0 Å². The predicted molar refractivity (Wildman–Crippen MR) is 66.7 cm³/mol. The van der Waals surface area contributed by atoms with E-state index in [1.807, 2.05) is 0 Å². The van der Waals surface area contributed by atoms with Crippen LogP contribution in [0.2, 0.25) is 0 Å². The summed E-state index contributed by atoms with van der Waals surface area (Å²) in [5.74, 6) is 1.58. The van der Waals surface area contributed by atoms with Crippen LogP contribution >= 0.6 is 0 Å². The molecule has 84 valence electrons. The van der Waals surface area contributed by atoms with Gasteiger partial charge in [-0.15, -0.1) is 0 Å². The van der Waals surface area contributed by atoms with Crippen molar-refractivity contribution in [2.45, 2.75) is 52.9 Å². The molecule has 0 nitrogen and oxygen atoms in total. The van der Waals surface area contributed by atoms with Gasteiger partial charge < -0.3 is 0 Å². The molecule has 0 heterocycles. The molecule has 0 spiro atoms. The topological polar surface area (TPSA) is 0 Å². The smallest absolute Gasteiger partial charge is 0.00755 e. The predicted octanol–water partition coefficient (Wildman–Crippen LogP) is 4.73. The maximum Gasteiger partial charge on any atom is -0.00755 e. The molecule has 0 saturated heterocycles. The molecule has 1 unspecified atom stereocenters. The molecule has 0 aromatic rings. The van der Waals surface area contributed by atoms with Gasteiger partial charge in [0.2, 0.25) is 0 Å². The van der Waals surface area contributed by atoms with Crippen LogP contribution in [0.25, 0.3) is 0 Å². The molecule has 0 heteroatoms. The molecule has 15 heavy (non-hydrogen) atoms. The molecule has 0 N–H and O–H groups in total. The SMILES string of the molecule is C=C1CCC[C@@]2(C)CCC(C(C)C)C=C12. The summed E-state index contributed by atoms with van der Waals surface area (Å²) in [6, 6.07) is 0. The summed E-state index contributed by atoms with van der Waals surface area (Å²) in [5.41, 5.74) is 3.51. The van der Waals surface area contributed by atoms with E-state index in [0.717, 1.165) is 11.8 Å². The second-order valence-electron chi connectivity index (χ2n) is 6.04. The fraction of sp³-hybridized carbons (Fsp3) is 0.733. The third kappa shape index (κ3) is 1.91. The van der Waals surface area contributed by atoms with Crippen LogP contribution in [0, 0.1) is 17.3 Å². The Bertz CT molecular complexity index is 295. The van der Waals surface area contributed by atoms with Gasteiger partial charge in [0.15, 0.2) is 0 Å². The lowest BCUT2D eigenvalue weighted by Crippen LogP contribution is -2.30. The first kappa shape index (κ1) is 11.0. The fourth-order valence-corrected chi connectivity index (χ4v) is 3.28. The molecule has 0 aromatic carbocycles. The van der Waals surface area contributed by atoms with E-state index in [4.69, 9.17) is 0 Å². The van der Waals surface area contributed by atoms with Crippen molar-refractivity contribution < 1.29 is 0 Å². The first-order valence-electron chi connectivity index (χ1n) is 6.43. The number of rotatable bonds is 1. The summed E-state index contributed by atoms with van der Waals surface area (Å²) in [4.78, 5) is 0. The van der Waals surface area contributed by atoms with Crippen molar-refractivity contribution in [3.8, 4) is 0 Å². The summed E-state index contributed by atoms with van der Waals surface area (Å²) in [6.07, 6.45) is 9.26. The van der Waals surface area contributed by atoms with Crippen LogP contribution in [0.3, 0.4) is 0 Å². The molecule has 2 aliphatic rings. The van der Waals surface area contributed by atoms with Crippen molar-refractivity contribution in [3.63, 3.8) is 0 Å². The quantitative estimate of drug-likeness (QED) is 0.579. The Morgan fingerprint density at radius 1 is 1.40 bits per heavy atom. The lowest BCUT2D eigenvalue weighted by Gasteiger charge is -2.43. The zero-order valence-corrected chi connectivity index (χ0v) is 10.5. The average molecular weight is 204 g/mol. The fourth-order valence-electron chi connectivity index (χ4n) is 3.28. The van der Waals surface area contributed by atoms with Gasteiger partial charge in [-0.25, -0.2) is 0 Å². The monoisotopic (exact) mass is 204 g/mol. The Morgan fingerprint density at radius 2 is 2.13 bits per heavy atom. The second kappa shape index (κ2) is 3.81. The van der Waals surface area contributed by atoms with E-state index < -0.39 is 0 Å². The summed E-state index contributed by atoms with van der Waals surface area (Å²) in [7, 11) is 0. The van der Waals surface area contributed by atoms with Crippen LogP contribution in [0.15, 0.2) is 23.8 Å². The Labute approximate surface area is 94.5 Å². The van der Waals surface area contributed by atoms with Gasteiger partial charge in [0, 0.05) is 0 Å². The number of fused-ring (bicyclic) bond motifs is 1. The van der Waals surface area contributed by atoms with E-state index in [0.29, 0.717) is 5.41 Å². The molecule has 2 rings (SSSR count). The standard InChI is InChI=1S/C15H24/c1-11(2)13-7-9-15(4)8-5-6-12(3)14(15)10-13/h10-11,13H,3,5-9H2,1-2,4H3/t13?,15-/m0/s1. The number of hydrogen-bond donors (Lipinski definition) is 0. The van der Waals surface area contributed by atoms with Gasteiger partial charge in [-0.05, 0) is 54.9 Å². The maximum absolute atomic E-state index is 4.27. The van der Waals surface area contributed by atoms with Crippen molar-refractivity contribution in [1.29, 1.82) is 0 Å². The van der Waals surface area contributed by atoms with Gasteiger partial charge >= 0.3 is 0 Å². The highest BCUT2D eigenvalue weighted by atomic mass is 14.4. The zero-order chi connectivity index (χ0) is 11.1. The Hall–Kier alpha value is -0.520. The molecular formula is C15H24. The van der Waals surface area contributed by atoms with Crippen LogP contribution in [0.1, 0.15) is 52.9 Å². The summed E-state index contributed by atoms with van der Waals surface area (Å²) >= 11 is 0. The molecule has 0 bridgehead atoms. The van der Waals surface area contributed by atoms with Crippen molar-refractivity contribution in [3.05, 3.63) is 23.8 Å².